The number of alkyl halides is 2. The first-order valence-electron chi connectivity index (χ1n) is 11.8. The molecule has 0 bridgehead atoms. The number of halogens is 2. The molecule has 3 fully saturated rings. The Balaban J connectivity index is 0.00000124. The molecule has 2 saturated heterocycles. The molecule has 3 aromatic heterocycles. The van der Waals surface area contributed by atoms with E-state index in [9.17, 15) is 13.6 Å². The van der Waals surface area contributed by atoms with Crippen molar-refractivity contribution in [3.63, 3.8) is 0 Å². The number of fused-ring (bicyclic) bond motifs is 1. The Morgan fingerprint density at radius 3 is 2.63 bits per heavy atom. The zero-order valence-corrected chi connectivity index (χ0v) is 19.5. The van der Waals surface area contributed by atoms with Crippen LogP contribution in [-0.4, -0.2) is 68.8 Å². The van der Waals surface area contributed by atoms with Gasteiger partial charge in [-0.05, 0) is 18.9 Å². The van der Waals surface area contributed by atoms with Gasteiger partial charge in [0.2, 0.25) is 0 Å². The van der Waals surface area contributed by atoms with E-state index in [0.29, 0.717) is 5.65 Å². The Kier molecular flexibility index (Phi) is 6.41. The minimum Gasteiger partial charge on any atom is -0.400 e. The summed E-state index contributed by atoms with van der Waals surface area (Å²) in [6.07, 6.45) is 6.97. The van der Waals surface area contributed by atoms with E-state index in [-0.39, 0.29) is 22.7 Å². The minimum atomic E-state index is -2.78. The summed E-state index contributed by atoms with van der Waals surface area (Å²) in [5, 5.41) is 17.9. The average molecular weight is 490 g/mol. The molecule has 2 aliphatic heterocycles. The van der Waals surface area contributed by atoms with Gasteiger partial charge in [0.15, 0.2) is 11.3 Å². The van der Waals surface area contributed by atoms with Gasteiger partial charge in [0, 0.05) is 32.6 Å². The maximum absolute atomic E-state index is 13.7. The normalized spacial score (nSPS) is 19.3. The minimum absolute atomic E-state index is 0.0331. The number of nitrogens with one attached hydrogen (secondary N) is 1. The Morgan fingerprint density at radius 1 is 1.23 bits per heavy atom. The third kappa shape index (κ3) is 4.36. The van der Waals surface area contributed by atoms with Crippen molar-refractivity contribution in [2.75, 3.05) is 43.6 Å². The third-order valence-corrected chi connectivity index (χ3v) is 6.96. The fourth-order valence-electron chi connectivity index (χ4n) is 5.08. The van der Waals surface area contributed by atoms with Gasteiger partial charge in [-0.1, -0.05) is 19.3 Å². The van der Waals surface area contributed by atoms with E-state index in [1.54, 1.807) is 10.9 Å². The first kappa shape index (κ1) is 23.6. The molecule has 3 aromatic rings. The van der Waals surface area contributed by atoms with E-state index >= 15 is 0 Å². The third-order valence-electron chi connectivity index (χ3n) is 6.96. The van der Waals surface area contributed by atoms with Gasteiger partial charge in [-0.15, -0.1) is 0 Å². The molecule has 0 aromatic carbocycles. The fourth-order valence-corrected chi connectivity index (χ4v) is 5.08. The zero-order chi connectivity index (χ0) is 24.6. The SMILES string of the molecule is CO.O=C(Nc1cn(C2CCCCC2)nc1C(F)F)c1cnn2ccc(N3CC4(COC4)C3)nc12. The quantitative estimate of drug-likeness (QED) is 0.567. The van der Waals surface area contributed by atoms with Crippen molar-refractivity contribution in [3.8, 4) is 0 Å². The van der Waals surface area contributed by atoms with Crippen LogP contribution in [0.5, 0.6) is 0 Å². The van der Waals surface area contributed by atoms with E-state index in [4.69, 9.17) is 9.84 Å². The van der Waals surface area contributed by atoms with Gasteiger partial charge in [0.1, 0.15) is 11.4 Å². The second kappa shape index (κ2) is 9.50. The van der Waals surface area contributed by atoms with Crippen LogP contribution in [-0.2, 0) is 4.74 Å². The molecule has 6 rings (SSSR count). The fraction of sp³-hybridized carbons (Fsp3) is 0.565. The largest absolute Gasteiger partial charge is 0.400 e. The van der Waals surface area contributed by atoms with Gasteiger partial charge in [0.25, 0.3) is 12.3 Å². The standard InChI is InChI=1S/C22H25F2N7O2.CH4O/c23-19(24)18-16(9-31(28-18)14-4-2-1-3-5-14)26-21(32)15-8-25-30-7-6-17(27-20(15)30)29-10-22(11-29)12-33-13-22;1-2/h6-9,14,19H,1-5,10-13H2,(H,26,32);2H,1H3. The summed E-state index contributed by atoms with van der Waals surface area (Å²) in [5.74, 6) is 0.222. The van der Waals surface area contributed by atoms with Crippen LogP contribution < -0.4 is 10.2 Å². The van der Waals surface area contributed by atoms with Crippen molar-refractivity contribution in [3.05, 3.63) is 35.9 Å². The number of aliphatic hydroxyl groups excluding tert-OH is 1. The number of carbonyl (C=O) groups is 1. The summed E-state index contributed by atoms with van der Waals surface area (Å²) in [6, 6.07) is 1.95. The number of anilines is 2. The molecule has 0 radical (unpaired) electrons. The predicted molar refractivity (Wildman–Crippen MR) is 124 cm³/mol. The van der Waals surface area contributed by atoms with E-state index in [0.717, 1.165) is 71.3 Å². The Morgan fingerprint density at radius 2 is 1.97 bits per heavy atom. The molecule has 1 spiro atoms. The lowest BCUT2D eigenvalue weighted by atomic mass is 9.78. The number of rotatable bonds is 5. The van der Waals surface area contributed by atoms with Gasteiger partial charge in [-0.2, -0.15) is 10.2 Å². The lowest BCUT2D eigenvalue weighted by Crippen LogP contribution is -2.66. The molecule has 10 nitrogen and oxygen atoms in total. The number of ether oxygens (including phenoxy) is 1. The summed E-state index contributed by atoms with van der Waals surface area (Å²) in [5.41, 5.74) is 0.468. The Bertz CT molecular complexity index is 1190. The van der Waals surface area contributed by atoms with Crippen molar-refractivity contribution in [1.82, 2.24) is 24.4 Å². The Labute approximate surface area is 200 Å². The summed E-state index contributed by atoms with van der Waals surface area (Å²) in [7, 11) is 1.00. The highest BCUT2D eigenvalue weighted by atomic mass is 19.3. The van der Waals surface area contributed by atoms with Crippen LogP contribution >= 0.6 is 0 Å². The van der Waals surface area contributed by atoms with Crippen molar-refractivity contribution < 1.29 is 23.4 Å². The molecule has 1 aliphatic carbocycles. The Hall–Kier alpha value is -3.12. The van der Waals surface area contributed by atoms with Gasteiger partial charge in [0.05, 0.1) is 36.6 Å². The predicted octanol–water partition coefficient (Wildman–Crippen LogP) is 3.07. The zero-order valence-electron chi connectivity index (χ0n) is 19.5. The molecular formula is C23H29F2N7O3. The molecule has 3 aliphatic rings. The van der Waals surface area contributed by atoms with Crippen LogP contribution in [0, 0.1) is 5.41 Å². The van der Waals surface area contributed by atoms with Crippen molar-refractivity contribution in [1.29, 1.82) is 0 Å². The average Bonchev–Trinajstić information content (AvgIpc) is 3.43. The summed E-state index contributed by atoms with van der Waals surface area (Å²) < 4.78 is 35.8. The van der Waals surface area contributed by atoms with Crippen LogP contribution in [0.3, 0.4) is 0 Å². The van der Waals surface area contributed by atoms with Crippen molar-refractivity contribution in [2.24, 2.45) is 5.41 Å². The number of carbonyl (C=O) groups excluding carboxylic acids is 1. The molecule has 188 valence electrons. The van der Waals surface area contributed by atoms with Gasteiger partial charge in [-0.3, -0.25) is 9.48 Å². The molecule has 1 amide bonds. The summed E-state index contributed by atoms with van der Waals surface area (Å²) in [6.45, 7) is 3.27. The van der Waals surface area contributed by atoms with Crippen LogP contribution in [0.4, 0.5) is 20.3 Å². The first-order chi connectivity index (χ1) is 17.0. The number of aliphatic hydroxyl groups is 1. The van der Waals surface area contributed by atoms with Crippen molar-refractivity contribution in [2.45, 2.75) is 44.6 Å². The smallest absolute Gasteiger partial charge is 0.284 e. The van der Waals surface area contributed by atoms with Crippen LogP contribution in [0.1, 0.15) is 60.6 Å². The van der Waals surface area contributed by atoms with Gasteiger partial charge in [-0.25, -0.2) is 18.3 Å². The van der Waals surface area contributed by atoms with E-state index in [2.05, 4.69) is 25.4 Å². The summed E-state index contributed by atoms with van der Waals surface area (Å²) in [4.78, 5) is 19.8. The first-order valence-corrected chi connectivity index (χ1v) is 11.8. The number of nitrogens with zero attached hydrogens (tertiary/aromatic N) is 6. The highest BCUT2D eigenvalue weighted by molar-refractivity contribution is 6.08. The molecule has 5 heterocycles. The lowest BCUT2D eigenvalue weighted by molar-refractivity contribution is -0.127. The van der Waals surface area contributed by atoms with Crippen LogP contribution in [0.2, 0.25) is 0 Å². The van der Waals surface area contributed by atoms with Gasteiger partial charge >= 0.3 is 0 Å². The molecule has 1 saturated carbocycles. The monoisotopic (exact) mass is 489 g/mol. The maximum Gasteiger partial charge on any atom is 0.284 e. The number of aromatic nitrogens is 5. The second-order valence-corrected chi connectivity index (χ2v) is 9.42. The summed E-state index contributed by atoms with van der Waals surface area (Å²) >= 11 is 0. The molecule has 2 N–H and O–H groups in total. The number of hydrogen-bond acceptors (Lipinski definition) is 7. The molecule has 12 heteroatoms. The van der Waals surface area contributed by atoms with Crippen LogP contribution in [0.15, 0.2) is 24.7 Å². The van der Waals surface area contributed by atoms with E-state index in [1.807, 2.05) is 6.07 Å². The number of amides is 1. The molecule has 0 atom stereocenters. The van der Waals surface area contributed by atoms with E-state index in [1.165, 1.54) is 16.9 Å². The molecule has 35 heavy (non-hydrogen) atoms. The molecular weight excluding hydrogens is 460 g/mol. The van der Waals surface area contributed by atoms with Crippen LogP contribution in [0.25, 0.3) is 5.65 Å². The number of hydrogen-bond donors (Lipinski definition) is 2. The highest BCUT2D eigenvalue weighted by Gasteiger charge is 2.49. The van der Waals surface area contributed by atoms with Crippen molar-refractivity contribution >= 4 is 23.1 Å². The topological polar surface area (TPSA) is 110 Å². The molecule has 0 unspecified atom stereocenters. The van der Waals surface area contributed by atoms with Gasteiger partial charge < -0.3 is 20.1 Å². The lowest BCUT2D eigenvalue weighted by Gasteiger charge is -2.55. The van der Waals surface area contributed by atoms with E-state index < -0.39 is 18.0 Å². The highest BCUT2D eigenvalue weighted by Crippen LogP contribution is 2.39. The maximum atomic E-state index is 13.7. The second-order valence-electron chi connectivity index (χ2n) is 9.42.